The first-order valence-electron chi connectivity index (χ1n) is 8.71. The number of rotatable bonds is 5. The van der Waals surface area contributed by atoms with Gasteiger partial charge in [-0.3, -0.25) is 15.2 Å². The predicted octanol–water partition coefficient (Wildman–Crippen LogP) is 2.36. The molecule has 2 amide bonds. The number of ether oxygens (including phenoxy) is 1. The van der Waals surface area contributed by atoms with Gasteiger partial charge in [-0.1, -0.05) is 11.6 Å². The number of halogens is 1. The Morgan fingerprint density at radius 1 is 1.37 bits per heavy atom. The lowest BCUT2D eigenvalue weighted by molar-refractivity contribution is 0.136. The summed E-state index contributed by atoms with van der Waals surface area (Å²) >= 11 is 6.08. The van der Waals surface area contributed by atoms with Crippen LogP contribution in [-0.2, 0) is 0 Å². The molecule has 3 rings (SSSR count). The minimum atomic E-state index is -0.447. The summed E-state index contributed by atoms with van der Waals surface area (Å²) in [5.74, 6) is 0.918. The molecule has 1 aromatic carbocycles. The second-order valence-corrected chi connectivity index (χ2v) is 6.85. The number of aromatic nitrogens is 2. The van der Waals surface area contributed by atoms with Gasteiger partial charge in [-0.05, 0) is 32.2 Å². The van der Waals surface area contributed by atoms with E-state index in [1.807, 2.05) is 6.92 Å². The third-order valence-corrected chi connectivity index (χ3v) is 4.52. The molecular formula is C18H23ClN6O2. The first-order valence-corrected chi connectivity index (χ1v) is 9.09. The number of nitrogens with zero attached hydrogens (tertiary/aromatic N) is 3. The lowest BCUT2D eigenvalue weighted by Gasteiger charge is -2.32. The summed E-state index contributed by atoms with van der Waals surface area (Å²) in [4.78, 5) is 22.7. The van der Waals surface area contributed by atoms with Crippen molar-refractivity contribution in [3.05, 3.63) is 41.3 Å². The molecule has 27 heavy (non-hydrogen) atoms. The molecule has 0 spiro atoms. The van der Waals surface area contributed by atoms with Crippen molar-refractivity contribution >= 4 is 29.1 Å². The fraction of sp³-hybridized carbons (Fsp3) is 0.389. The lowest BCUT2D eigenvalue weighted by Crippen LogP contribution is -2.51. The van der Waals surface area contributed by atoms with Crippen LogP contribution in [-0.4, -0.2) is 60.2 Å². The van der Waals surface area contributed by atoms with Gasteiger partial charge in [0.05, 0.1) is 29.8 Å². The number of hydrogen-bond acceptors (Lipinski definition) is 6. The van der Waals surface area contributed by atoms with Crippen LogP contribution in [0.2, 0.25) is 5.02 Å². The standard InChI is InChI=1S/C18H23ClN6O2/c1-12-8-22-17(10-21-12)24-18(26)23-15-7-13(19)3-4-16(15)27-11-14-9-20-5-6-25(14)2/h3-4,7-8,10,14,20H,5-6,9,11H2,1-2H3,(H2,22,23,24,26)/t14-/m1/s1. The molecule has 1 fully saturated rings. The van der Waals surface area contributed by atoms with Crippen LogP contribution < -0.4 is 20.7 Å². The number of piperazine rings is 1. The SMILES string of the molecule is Cc1cnc(NC(=O)Nc2cc(Cl)ccc2OC[C@H]2CNCCN2C)cn1. The van der Waals surface area contributed by atoms with Crippen LogP contribution in [0.4, 0.5) is 16.3 Å². The van der Waals surface area contributed by atoms with Crippen LogP contribution in [0.1, 0.15) is 5.69 Å². The average molecular weight is 391 g/mol. The zero-order chi connectivity index (χ0) is 19.2. The highest BCUT2D eigenvalue weighted by Crippen LogP contribution is 2.28. The molecule has 0 aliphatic carbocycles. The fourth-order valence-corrected chi connectivity index (χ4v) is 2.86. The number of nitrogens with one attached hydrogen (secondary N) is 3. The van der Waals surface area contributed by atoms with Crippen LogP contribution in [0.3, 0.4) is 0 Å². The largest absolute Gasteiger partial charge is 0.490 e. The van der Waals surface area contributed by atoms with Crippen molar-refractivity contribution < 1.29 is 9.53 Å². The Morgan fingerprint density at radius 3 is 2.96 bits per heavy atom. The van der Waals surface area contributed by atoms with Crippen molar-refractivity contribution in [1.82, 2.24) is 20.2 Å². The second kappa shape index (κ2) is 8.98. The lowest BCUT2D eigenvalue weighted by atomic mass is 10.2. The summed E-state index contributed by atoms with van der Waals surface area (Å²) in [6.07, 6.45) is 3.08. The number of likely N-dealkylation sites (N-methyl/N-ethyl adjacent to an activating group) is 1. The van der Waals surface area contributed by atoms with Gasteiger partial charge in [-0.2, -0.15) is 0 Å². The molecule has 1 aliphatic rings. The van der Waals surface area contributed by atoms with Crippen molar-refractivity contribution in [2.45, 2.75) is 13.0 Å². The highest BCUT2D eigenvalue weighted by molar-refractivity contribution is 6.31. The minimum absolute atomic E-state index is 0.263. The van der Waals surface area contributed by atoms with Gasteiger partial charge in [0.15, 0.2) is 5.82 Å². The molecule has 0 unspecified atom stereocenters. The molecule has 1 atom stereocenters. The van der Waals surface area contributed by atoms with Crippen LogP contribution in [0, 0.1) is 6.92 Å². The van der Waals surface area contributed by atoms with E-state index in [2.05, 4.69) is 37.9 Å². The van der Waals surface area contributed by atoms with Gasteiger partial charge in [0, 0.05) is 24.7 Å². The number of benzene rings is 1. The van der Waals surface area contributed by atoms with Crippen LogP contribution >= 0.6 is 11.6 Å². The summed E-state index contributed by atoms with van der Waals surface area (Å²) in [6.45, 7) is 5.14. The molecule has 2 aromatic rings. The first kappa shape index (κ1) is 19.3. The maximum absolute atomic E-state index is 12.3. The van der Waals surface area contributed by atoms with E-state index >= 15 is 0 Å². The van der Waals surface area contributed by atoms with Crippen LogP contribution in [0.15, 0.2) is 30.6 Å². The maximum Gasteiger partial charge on any atom is 0.325 e. The summed E-state index contributed by atoms with van der Waals surface area (Å²) in [6, 6.07) is 4.95. The molecular weight excluding hydrogens is 368 g/mol. The first-order chi connectivity index (χ1) is 13.0. The van der Waals surface area contributed by atoms with E-state index in [4.69, 9.17) is 16.3 Å². The number of hydrogen-bond donors (Lipinski definition) is 3. The Morgan fingerprint density at radius 2 is 2.22 bits per heavy atom. The van der Waals surface area contributed by atoms with Crippen molar-refractivity contribution in [3.8, 4) is 5.75 Å². The van der Waals surface area contributed by atoms with Crippen LogP contribution in [0.5, 0.6) is 5.75 Å². The topological polar surface area (TPSA) is 91.4 Å². The fourth-order valence-electron chi connectivity index (χ4n) is 2.69. The van der Waals surface area contributed by atoms with E-state index in [-0.39, 0.29) is 6.04 Å². The van der Waals surface area contributed by atoms with Crippen molar-refractivity contribution in [1.29, 1.82) is 0 Å². The molecule has 2 heterocycles. The van der Waals surface area contributed by atoms with Gasteiger partial charge in [0.1, 0.15) is 12.4 Å². The Balaban J connectivity index is 1.64. The molecule has 1 saturated heterocycles. The number of amides is 2. The van der Waals surface area contributed by atoms with Gasteiger partial charge in [-0.25, -0.2) is 9.78 Å². The molecule has 0 radical (unpaired) electrons. The number of anilines is 2. The maximum atomic E-state index is 12.3. The summed E-state index contributed by atoms with van der Waals surface area (Å²) in [5.41, 5.74) is 1.26. The van der Waals surface area contributed by atoms with Crippen molar-refractivity contribution in [2.24, 2.45) is 0 Å². The molecule has 0 saturated carbocycles. The number of carbonyl (C=O) groups is 1. The second-order valence-electron chi connectivity index (χ2n) is 6.41. The molecule has 9 heteroatoms. The molecule has 3 N–H and O–H groups in total. The highest BCUT2D eigenvalue weighted by Gasteiger charge is 2.20. The zero-order valence-electron chi connectivity index (χ0n) is 15.3. The molecule has 8 nitrogen and oxygen atoms in total. The minimum Gasteiger partial charge on any atom is -0.490 e. The third kappa shape index (κ3) is 5.53. The van der Waals surface area contributed by atoms with E-state index in [0.29, 0.717) is 28.9 Å². The van der Waals surface area contributed by atoms with E-state index in [9.17, 15) is 4.79 Å². The van der Waals surface area contributed by atoms with E-state index in [0.717, 1.165) is 25.3 Å². The third-order valence-electron chi connectivity index (χ3n) is 4.29. The molecule has 144 valence electrons. The quantitative estimate of drug-likeness (QED) is 0.726. The normalized spacial score (nSPS) is 17.4. The molecule has 0 bridgehead atoms. The molecule has 1 aromatic heterocycles. The Hall–Kier alpha value is -2.42. The number of urea groups is 1. The Kier molecular flexibility index (Phi) is 6.44. The van der Waals surface area contributed by atoms with E-state index in [1.165, 1.54) is 6.20 Å². The Bertz CT molecular complexity index is 786. The predicted molar refractivity (Wildman–Crippen MR) is 106 cm³/mol. The van der Waals surface area contributed by atoms with Gasteiger partial charge in [0.25, 0.3) is 0 Å². The molecule has 1 aliphatic heterocycles. The van der Waals surface area contributed by atoms with Gasteiger partial charge in [0.2, 0.25) is 0 Å². The number of carbonyl (C=O) groups excluding carboxylic acids is 1. The number of aryl methyl sites for hydroxylation is 1. The highest BCUT2D eigenvalue weighted by atomic mass is 35.5. The smallest absolute Gasteiger partial charge is 0.325 e. The van der Waals surface area contributed by atoms with E-state index < -0.39 is 6.03 Å². The summed E-state index contributed by atoms with van der Waals surface area (Å²) in [7, 11) is 2.08. The van der Waals surface area contributed by atoms with E-state index in [1.54, 1.807) is 24.4 Å². The zero-order valence-corrected chi connectivity index (χ0v) is 16.1. The Labute approximate surface area is 163 Å². The summed E-state index contributed by atoms with van der Waals surface area (Å²) < 4.78 is 5.96. The van der Waals surface area contributed by atoms with Gasteiger partial charge in [-0.15, -0.1) is 0 Å². The monoisotopic (exact) mass is 390 g/mol. The van der Waals surface area contributed by atoms with Crippen LogP contribution in [0.25, 0.3) is 0 Å². The summed E-state index contributed by atoms with van der Waals surface area (Å²) in [5, 5.41) is 9.25. The van der Waals surface area contributed by atoms with Crippen molar-refractivity contribution in [3.63, 3.8) is 0 Å². The average Bonchev–Trinajstić information content (AvgIpc) is 2.64. The van der Waals surface area contributed by atoms with Gasteiger partial charge >= 0.3 is 6.03 Å². The van der Waals surface area contributed by atoms with Crippen molar-refractivity contribution in [2.75, 3.05) is 43.9 Å². The van der Waals surface area contributed by atoms with Gasteiger partial charge < -0.3 is 15.4 Å².